The lowest BCUT2D eigenvalue weighted by molar-refractivity contribution is 0.311. The highest BCUT2D eigenvalue weighted by Gasteiger charge is 2.08. The highest BCUT2D eigenvalue weighted by Crippen LogP contribution is 2.30. The lowest BCUT2D eigenvalue weighted by Crippen LogP contribution is -2.17. The van der Waals surface area contributed by atoms with Crippen LogP contribution in [0.4, 0.5) is 5.69 Å². The Labute approximate surface area is 110 Å². The van der Waals surface area contributed by atoms with Gasteiger partial charge < -0.3 is 14.8 Å². The van der Waals surface area contributed by atoms with E-state index in [-0.39, 0.29) is 0 Å². The number of hydrogen-bond donors (Lipinski definition) is 1. The van der Waals surface area contributed by atoms with Crippen molar-refractivity contribution in [2.24, 2.45) is 5.92 Å². The van der Waals surface area contributed by atoms with Crippen molar-refractivity contribution in [3.05, 3.63) is 18.2 Å². The molecule has 102 valence electrons. The van der Waals surface area contributed by atoms with Gasteiger partial charge >= 0.3 is 0 Å². The summed E-state index contributed by atoms with van der Waals surface area (Å²) in [6.07, 6.45) is 1.15. The van der Waals surface area contributed by atoms with Crippen LogP contribution < -0.4 is 14.8 Å². The monoisotopic (exact) mass is 251 g/mol. The maximum absolute atomic E-state index is 5.57. The van der Waals surface area contributed by atoms with Crippen molar-refractivity contribution in [2.75, 3.05) is 19.0 Å². The van der Waals surface area contributed by atoms with Gasteiger partial charge in [-0.3, -0.25) is 0 Å². The third-order valence-corrected chi connectivity index (χ3v) is 2.70. The van der Waals surface area contributed by atoms with E-state index in [1.54, 1.807) is 7.11 Å². The molecule has 3 nitrogen and oxygen atoms in total. The highest BCUT2D eigenvalue weighted by molar-refractivity contribution is 5.55. The zero-order valence-electron chi connectivity index (χ0n) is 12.1. The Morgan fingerprint density at radius 1 is 1.17 bits per heavy atom. The topological polar surface area (TPSA) is 30.5 Å². The van der Waals surface area contributed by atoms with Crippen LogP contribution in [-0.2, 0) is 0 Å². The molecule has 3 heteroatoms. The Hall–Kier alpha value is -1.38. The smallest absolute Gasteiger partial charge is 0.163 e. The summed E-state index contributed by atoms with van der Waals surface area (Å²) >= 11 is 0. The fourth-order valence-corrected chi connectivity index (χ4v) is 2.09. The highest BCUT2D eigenvalue weighted by atomic mass is 16.5. The molecular formula is C15H25NO2. The van der Waals surface area contributed by atoms with Gasteiger partial charge in [0.05, 0.1) is 13.7 Å². The van der Waals surface area contributed by atoms with Crippen LogP contribution in [0.25, 0.3) is 0 Å². The molecule has 0 heterocycles. The first-order chi connectivity index (χ1) is 8.56. The maximum atomic E-state index is 5.57. The first kappa shape index (κ1) is 14.7. The molecule has 0 aromatic heterocycles. The van der Waals surface area contributed by atoms with Crippen molar-refractivity contribution in [3.8, 4) is 11.5 Å². The Bertz CT molecular complexity index is 364. The van der Waals surface area contributed by atoms with Crippen LogP contribution in [0.2, 0.25) is 0 Å². The van der Waals surface area contributed by atoms with E-state index in [9.17, 15) is 0 Å². The molecule has 0 aliphatic carbocycles. The van der Waals surface area contributed by atoms with Crippen LogP contribution in [0.3, 0.4) is 0 Å². The van der Waals surface area contributed by atoms with Gasteiger partial charge in [0, 0.05) is 17.8 Å². The quantitative estimate of drug-likeness (QED) is 0.796. The summed E-state index contributed by atoms with van der Waals surface area (Å²) in [4.78, 5) is 0. The SMILES string of the molecule is CCOc1cc(NC(C)CC(C)C)ccc1OC. The van der Waals surface area contributed by atoms with Crippen molar-refractivity contribution >= 4 is 5.69 Å². The van der Waals surface area contributed by atoms with Crippen molar-refractivity contribution < 1.29 is 9.47 Å². The molecule has 0 saturated carbocycles. The summed E-state index contributed by atoms with van der Waals surface area (Å²) in [5, 5.41) is 3.49. The third-order valence-electron chi connectivity index (χ3n) is 2.70. The van der Waals surface area contributed by atoms with Crippen LogP contribution in [-0.4, -0.2) is 19.8 Å². The second-order valence-corrected chi connectivity index (χ2v) is 4.97. The largest absolute Gasteiger partial charge is 0.493 e. The van der Waals surface area contributed by atoms with Crippen molar-refractivity contribution in [1.82, 2.24) is 0 Å². The molecule has 0 aliphatic heterocycles. The summed E-state index contributed by atoms with van der Waals surface area (Å²) in [5.74, 6) is 2.26. The Morgan fingerprint density at radius 3 is 2.44 bits per heavy atom. The minimum Gasteiger partial charge on any atom is -0.493 e. The normalized spacial score (nSPS) is 12.3. The number of rotatable bonds is 7. The van der Waals surface area contributed by atoms with E-state index in [0.29, 0.717) is 18.6 Å². The van der Waals surface area contributed by atoms with Crippen LogP contribution >= 0.6 is 0 Å². The lowest BCUT2D eigenvalue weighted by Gasteiger charge is -2.18. The van der Waals surface area contributed by atoms with E-state index in [1.165, 1.54) is 0 Å². The average Bonchev–Trinajstić information content (AvgIpc) is 2.28. The molecule has 0 fully saturated rings. The van der Waals surface area contributed by atoms with E-state index in [4.69, 9.17) is 9.47 Å². The molecule has 1 aromatic carbocycles. The molecule has 1 N–H and O–H groups in total. The zero-order valence-corrected chi connectivity index (χ0v) is 12.1. The summed E-state index contributed by atoms with van der Waals surface area (Å²) < 4.78 is 10.8. The van der Waals surface area contributed by atoms with E-state index < -0.39 is 0 Å². The number of ether oxygens (including phenoxy) is 2. The Balaban J connectivity index is 2.74. The summed E-state index contributed by atoms with van der Waals surface area (Å²) in [6.45, 7) is 9.28. The standard InChI is InChI=1S/C15H25NO2/c1-6-18-15-10-13(7-8-14(15)17-5)16-12(4)9-11(2)3/h7-8,10-12,16H,6,9H2,1-5H3. The minimum absolute atomic E-state index is 0.452. The number of nitrogens with one attached hydrogen (secondary N) is 1. The fraction of sp³-hybridized carbons (Fsp3) is 0.600. The van der Waals surface area contributed by atoms with Gasteiger partial charge in [-0.25, -0.2) is 0 Å². The maximum Gasteiger partial charge on any atom is 0.163 e. The van der Waals surface area contributed by atoms with Crippen LogP contribution in [0.1, 0.15) is 34.1 Å². The second kappa shape index (κ2) is 7.14. The van der Waals surface area contributed by atoms with Gasteiger partial charge in [0.25, 0.3) is 0 Å². The van der Waals surface area contributed by atoms with Gasteiger partial charge in [0.15, 0.2) is 11.5 Å². The zero-order chi connectivity index (χ0) is 13.5. The van der Waals surface area contributed by atoms with Crippen LogP contribution in [0.15, 0.2) is 18.2 Å². The average molecular weight is 251 g/mol. The first-order valence-electron chi connectivity index (χ1n) is 6.64. The van der Waals surface area contributed by atoms with Crippen molar-refractivity contribution in [1.29, 1.82) is 0 Å². The van der Waals surface area contributed by atoms with E-state index in [1.807, 2.05) is 25.1 Å². The summed E-state index contributed by atoms with van der Waals surface area (Å²) in [6, 6.07) is 6.42. The number of anilines is 1. The molecule has 0 radical (unpaired) electrons. The van der Waals surface area contributed by atoms with Gasteiger partial charge in [-0.1, -0.05) is 13.8 Å². The summed E-state index contributed by atoms with van der Waals surface area (Å²) in [7, 11) is 1.66. The van der Waals surface area contributed by atoms with Crippen molar-refractivity contribution in [3.63, 3.8) is 0 Å². The third kappa shape index (κ3) is 4.47. The van der Waals surface area contributed by atoms with Gasteiger partial charge in [0.2, 0.25) is 0 Å². The van der Waals surface area contributed by atoms with Gasteiger partial charge in [-0.05, 0) is 38.3 Å². The van der Waals surface area contributed by atoms with Gasteiger partial charge in [-0.2, -0.15) is 0 Å². The molecule has 0 spiro atoms. The number of methoxy groups -OCH3 is 1. The molecule has 1 atom stereocenters. The lowest BCUT2D eigenvalue weighted by atomic mass is 10.1. The fourth-order valence-electron chi connectivity index (χ4n) is 2.09. The Kier molecular flexibility index (Phi) is 5.83. The molecule has 0 saturated heterocycles. The molecular weight excluding hydrogens is 226 g/mol. The van der Waals surface area contributed by atoms with E-state index >= 15 is 0 Å². The van der Waals surface area contributed by atoms with Crippen LogP contribution in [0.5, 0.6) is 11.5 Å². The molecule has 0 amide bonds. The second-order valence-electron chi connectivity index (χ2n) is 4.97. The molecule has 1 rings (SSSR count). The molecule has 1 aromatic rings. The minimum atomic E-state index is 0.452. The number of benzene rings is 1. The molecule has 0 aliphatic rings. The van der Waals surface area contributed by atoms with Crippen LogP contribution in [0, 0.1) is 5.92 Å². The predicted molar refractivity (Wildman–Crippen MR) is 76.7 cm³/mol. The number of hydrogen-bond acceptors (Lipinski definition) is 3. The molecule has 0 bridgehead atoms. The molecule has 1 unspecified atom stereocenters. The van der Waals surface area contributed by atoms with Crippen molar-refractivity contribution in [2.45, 2.75) is 40.2 Å². The molecule has 18 heavy (non-hydrogen) atoms. The first-order valence-corrected chi connectivity index (χ1v) is 6.64. The van der Waals surface area contributed by atoms with Gasteiger partial charge in [0.1, 0.15) is 0 Å². The van der Waals surface area contributed by atoms with E-state index in [2.05, 4.69) is 26.1 Å². The van der Waals surface area contributed by atoms with E-state index in [0.717, 1.165) is 23.6 Å². The summed E-state index contributed by atoms with van der Waals surface area (Å²) in [5.41, 5.74) is 1.08. The Morgan fingerprint density at radius 2 is 1.89 bits per heavy atom. The van der Waals surface area contributed by atoms with Gasteiger partial charge in [-0.15, -0.1) is 0 Å². The predicted octanol–water partition coefficient (Wildman–Crippen LogP) is 3.94.